The van der Waals surface area contributed by atoms with Gasteiger partial charge in [0.05, 0.1) is 24.8 Å². The maximum atomic E-state index is 13.7. The van der Waals surface area contributed by atoms with E-state index in [1.54, 1.807) is 13.0 Å². The number of halogens is 2. The predicted molar refractivity (Wildman–Crippen MR) is 128 cm³/mol. The lowest BCUT2D eigenvalue weighted by Gasteiger charge is -2.33. The zero-order valence-corrected chi connectivity index (χ0v) is 20.0. The second kappa shape index (κ2) is 9.24. The van der Waals surface area contributed by atoms with Gasteiger partial charge in [-0.2, -0.15) is 0 Å². The highest BCUT2D eigenvalue weighted by atomic mass is 19.3. The Bertz CT molecular complexity index is 1270. The van der Waals surface area contributed by atoms with Crippen LogP contribution in [0.25, 0.3) is 10.9 Å². The molecule has 8 heteroatoms. The Morgan fingerprint density at radius 1 is 1.26 bits per heavy atom. The molecule has 1 saturated carbocycles. The molecule has 4 rings (SSSR count). The summed E-state index contributed by atoms with van der Waals surface area (Å²) in [6.45, 7) is 5.72. The van der Waals surface area contributed by atoms with Gasteiger partial charge in [0, 0.05) is 41.2 Å². The van der Waals surface area contributed by atoms with E-state index in [1.165, 1.54) is 7.11 Å². The van der Waals surface area contributed by atoms with Crippen LogP contribution >= 0.6 is 0 Å². The molecule has 1 atom stereocenters. The number of hydrogen-bond acceptors (Lipinski definition) is 3. The quantitative estimate of drug-likeness (QED) is 0.514. The summed E-state index contributed by atoms with van der Waals surface area (Å²) in [5.41, 5.74) is 2.93. The number of pyridine rings is 1. The first-order valence-corrected chi connectivity index (χ1v) is 11.7. The number of rotatable bonds is 6. The molecule has 0 bridgehead atoms. The minimum atomic E-state index is -2.58. The van der Waals surface area contributed by atoms with Crippen molar-refractivity contribution in [2.24, 2.45) is 5.92 Å². The number of aryl methyl sites for hydroxylation is 1. The van der Waals surface area contributed by atoms with E-state index < -0.39 is 5.92 Å². The van der Waals surface area contributed by atoms with Crippen LogP contribution in [0.3, 0.4) is 0 Å². The fraction of sp³-hybridized carbons (Fsp3) is 0.462. The summed E-state index contributed by atoms with van der Waals surface area (Å²) >= 11 is 0. The Morgan fingerprint density at radius 2 is 1.94 bits per heavy atom. The molecule has 1 amide bonds. The maximum Gasteiger partial charge on any atom is 0.256 e. The van der Waals surface area contributed by atoms with E-state index >= 15 is 0 Å². The third kappa shape index (κ3) is 4.45. The molecule has 1 unspecified atom stereocenters. The van der Waals surface area contributed by atoms with Crippen molar-refractivity contribution < 1.29 is 18.3 Å². The number of nitrogens with zero attached hydrogens (tertiary/aromatic N) is 1. The van der Waals surface area contributed by atoms with Crippen LogP contribution in [-0.4, -0.2) is 28.5 Å². The third-order valence-electron chi connectivity index (χ3n) is 7.11. The highest BCUT2D eigenvalue weighted by Gasteiger charge is 2.37. The number of ether oxygens (including phenoxy) is 1. The number of carbonyl (C=O) groups excluding carboxylic acids is 1. The number of methoxy groups -OCH3 is 1. The Labute approximate surface area is 197 Å². The van der Waals surface area contributed by atoms with Gasteiger partial charge >= 0.3 is 0 Å². The van der Waals surface area contributed by atoms with E-state index in [9.17, 15) is 18.4 Å². The van der Waals surface area contributed by atoms with Crippen molar-refractivity contribution in [3.8, 4) is 5.75 Å². The van der Waals surface area contributed by atoms with E-state index in [0.29, 0.717) is 35.4 Å². The smallest absolute Gasteiger partial charge is 0.256 e. The zero-order chi connectivity index (χ0) is 24.6. The number of aromatic amines is 1. The number of carbonyl (C=O) groups is 1. The SMILES string of the molecule is COc1cc(C)[nH]c(=O)c1CNC(=O)c1c(C)n(C(C)C2CCC(F)(F)CC2)c2ccccc12. The van der Waals surface area contributed by atoms with Crippen molar-refractivity contribution in [2.45, 2.75) is 65.0 Å². The van der Waals surface area contributed by atoms with Gasteiger partial charge in [0.15, 0.2) is 0 Å². The molecule has 0 saturated heterocycles. The highest BCUT2D eigenvalue weighted by molar-refractivity contribution is 6.08. The second-order valence-electron chi connectivity index (χ2n) is 9.29. The van der Waals surface area contributed by atoms with Crippen molar-refractivity contribution in [1.82, 2.24) is 14.9 Å². The lowest BCUT2D eigenvalue weighted by molar-refractivity contribution is -0.0504. The molecule has 0 aliphatic heterocycles. The Morgan fingerprint density at radius 3 is 2.62 bits per heavy atom. The summed E-state index contributed by atoms with van der Waals surface area (Å²) in [4.78, 5) is 28.5. The van der Waals surface area contributed by atoms with Crippen molar-refractivity contribution >= 4 is 16.8 Å². The van der Waals surface area contributed by atoms with Gasteiger partial charge in [0.2, 0.25) is 5.92 Å². The number of alkyl halides is 2. The lowest BCUT2D eigenvalue weighted by Crippen LogP contribution is -2.30. The molecule has 3 aromatic rings. The Balaban J connectivity index is 1.65. The monoisotopic (exact) mass is 471 g/mol. The standard InChI is InChI=1S/C26H31F2N3O3/c1-15-13-22(34-4)20(24(32)30-15)14-29-25(33)23-17(3)31(21-8-6-5-7-19(21)23)16(2)18-9-11-26(27,28)12-10-18/h5-8,13,16,18H,9-12,14H2,1-4H3,(H,29,33)(H,30,32). The number of para-hydroxylation sites is 1. The molecule has 2 aromatic heterocycles. The fourth-order valence-corrected chi connectivity index (χ4v) is 5.25. The van der Waals surface area contributed by atoms with Gasteiger partial charge in [-0.15, -0.1) is 0 Å². The van der Waals surface area contributed by atoms with E-state index in [-0.39, 0.29) is 42.8 Å². The molecule has 1 aliphatic carbocycles. The number of hydrogen-bond donors (Lipinski definition) is 2. The Kier molecular flexibility index (Phi) is 6.51. The van der Waals surface area contributed by atoms with E-state index in [1.807, 2.05) is 38.1 Å². The van der Waals surface area contributed by atoms with Crippen LogP contribution in [0.2, 0.25) is 0 Å². The van der Waals surface area contributed by atoms with Gasteiger partial charge in [0.25, 0.3) is 11.5 Å². The lowest BCUT2D eigenvalue weighted by atomic mass is 9.82. The second-order valence-corrected chi connectivity index (χ2v) is 9.29. The summed E-state index contributed by atoms with van der Waals surface area (Å²) in [6.07, 6.45) is 0.719. The van der Waals surface area contributed by atoms with Crippen molar-refractivity contribution in [1.29, 1.82) is 0 Å². The van der Waals surface area contributed by atoms with Gasteiger partial charge in [-0.3, -0.25) is 9.59 Å². The van der Waals surface area contributed by atoms with Gasteiger partial charge < -0.3 is 19.6 Å². The van der Waals surface area contributed by atoms with Gasteiger partial charge in [0.1, 0.15) is 5.75 Å². The molecular formula is C26H31F2N3O3. The van der Waals surface area contributed by atoms with Crippen molar-refractivity contribution in [3.05, 3.63) is 63.2 Å². The minimum Gasteiger partial charge on any atom is -0.496 e. The first kappa shape index (κ1) is 24.0. The molecule has 6 nitrogen and oxygen atoms in total. The summed E-state index contributed by atoms with van der Waals surface area (Å²) in [7, 11) is 1.49. The Hall–Kier alpha value is -3.16. The molecule has 1 aromatic carbocycles. The molecule has 2 N–H and O–H groups in total. The molecule has 1 aliphatic rings. The summed E-state index contributed by atoms with van der Waals surface area (Å²) < 4.78 is 34.9. The number of amides is 1. The highest BCUT2D eigenvalue weighted by Crippen LogP contribution is 2.42. The van der Waals surface area contributed by atoms with Crippen molar-refractivity contribution in [2.75, 3.05) is 7.11 Å². The first-order chi connectivity index (χ1) is 16.1. The van der Waals surface area contributed by atoms with Crippen LogP contribution in [-0.2, 0) is 6.54 Å². The zero-order valence-electron chi connectivity index (χ0n) is 20.0. The summed E-state index contributed by atoms with van der Waals surface area (Å²) in [5, 5.41) is 3.68. The summed E-state index contributed by atoms with van der Waals surface area (Å²) in [6, 6.07) is 9.34. The van der Waals surface area contributed by atoms with Crippen LogP contribution in [0, 0.1) is 19.8 Å². The maximum absolute atomic E-state index is 13.7. The largest absolute Gasteiger partial charge is 0.496 e. The number of H-pyrrole nitrogens is 1. The normalized spacial score (nSPS) is 17.0. The molecule has 0 radical (unpaired) electrons. The minimum absolute atomic E-state index is 0.0177. The third-order valence-corrected chi connectivity index (χ3v) is 7.11. The van der Waals surface area contributed by atoms with E-state index in [4.69, 9.17) is 4.74 Å². The fourth-order valence-electron chi connectivity index (χ4n) is 5.25. The van der Waals surface area contributed by atoms with E-state index in [0.717, 1.165) is 16.6 Å². The van der Waals surface area contributed by atoms with Crippen molar-refractivity contribution in [3.63, 3.8) is 0 Å². The van der Waals surface area contributed by atoms with Gasteiger partial charge in [-0.1, -0.05) is 18.2 Å². The van der Waals surface area contributed by atoms with Crippen LogP contribution in [0.5, 0.6) is 5.75 Å². The van der Waals surface area contributed by atoms with Gasteiger partial charge in [-0.25, -0.2) is 8.78 Å². The number of fused-ring (bicyclic) bond motifs is 1. The number of benzene rings is 1. The molecule has 182 valence electrons. The van der Waals surface area contributed by atoms with Gasteiger partial charge in [-0.05, 0) is 51.7 Å². The molecular weight excluding hydrogens is 440 g/mol. The van der Waals surface area contributed by atoms with Crippen LogP contribution in [0.4, 0.5) is 8.78 Å². The topological polar surface area (TPSA) is 76.1 Å². The predicted octanol–water partition coefficient (Wildman–Crippen LogP) is 5.27. The number of nitrogens with one attached hydrogen (secondary N) is 2. The molecule has 1 fully saturated rings. The van der Waals surface area contributed by atoms with Crippen LogP contribution < -0.4 is 15.6 Å². The van der Waals surface area contributed by atoms with E-state index in [2.05, 4.69) is 14.9 Å². The van der Waals surface area contributed by atoms with Crippen LogP contribution in [0.1, 0.15) is 66.0 Å². The number of aromatic nitrogens is 2. The molecule has 0 spiro atoms. The average molecular weight is 472 g/mol. The molecule has 2 heterocycles. The average Bonchev–Trinajstić information content (AvgIpc) is 3.09. The first-order valence-electron chi connectivity index (χ1n) is 11.7. The summed E-state index contributed by atoms with van der Waals surface area (Å²) in [5.74, 6) is -2.34. The molecule has 34 heavy (non-hydrogen) atoms. The van der Waals surface area contributed by atoms with Crippen LogP contribution in [0.15, 0.2) is 35.1 Å².